The highest BCUT2D eigenvalue weighted by Crippen LogP contribution is 1.98. The minimum Gasteiger partial charge on any atom is -0.367 e. The lowest BCUT2D eigenvalue weighted by Crippen LogP contribution is -2.12. The van der Waals surface area contributed by atoms with Gasteiger partial charge in [-0.15, -0.1) is 0 Å². The molecule has 1 radical (unpaired) electrons. The Hall–Kier alpha value is -0.530. The van der Waals surface area contributed by atoms with Crippen LogP contribution in [-0.4, -0.2) is 19.4 Å². The molecule has 0 amide bonds. The zero-order valence-corrected chi connectivity index (χ0v) is 10.5. The Labute approximate surface area is 95.6 Å². The van der Waals surface area contributed by atoms with Crippen LogP contribution in [0.15, 0.2) is 4.99 Å². The first-order valence-corrected chi connectivity index (χ1v) is 6.56. The second-order valence-electron chi connectivity index (χ2n) is 4.04. The highest BCUT2D eigenvalue weighted by molar-refractivity contribution is 5.53. The van der Waals surface area contributed by atoms with Gasteiger partial charge in [0.05, 0.1) is 0 Å². The molecule has 0 saturated carbocycles. The zero-order chi connectivity index (χ0) is 11.2. The van der Waals surface area contributed by atoms with Crippen LogP contribution in [0, 0.1) is 0 Å². The summed E-state index contributed by atoms with van der Waals surface area (Å²) in [5.74, 6) is 0. The molecule has 89 valence electrons. The van der Waals surface area contributed by atoms with Crippen molar-refractivity contribution in [2.24, 2.45) is 4.99 Å². The summed E-state index contributed by atoms with van der Waals surface area (Å²) < 4.78 is 0. The summed E-state index contributed by atoms with van der Waals surface area (Å²) in [6, 6.07) is 0. The maximum Gasteiger partial charge on any atom is 0.164 e. The Kier molecular flexibility index (Phi) is 13.0. The lowest BCUT2D eigenvalue weighted by atomic mass is 10.2. The molecular formula is C13H27N2. The fraction of sp³-hybridized carbons (Fsp3) is 0.923. The highest BCUT2D eigenvalue weighted by Gasteiger charge is 1.86. The predicted octanol–water partition coefficient (Wildman–Crippen LogP) is 3.64. The average molecular weight is 211 g/mol. The van der Waals surface area contributed by atoms with Crippen molar-refractivity contribution >= 4 is 6.34 Å². The number of unbranched alkanes of at least 4 members (excludes halogenated alkanes) is 6. The number of nitrogens with one attached hydrogen (secondary N) is 1. The van der Waals surface area contributed by atoms with Gasteiger partial charge in [0.25, 0.3) is 0 Å². The van der Waals surface area contributed by atoms with Gasteiger partial charge in [-0.3, -0.25) is 4.99 Å². The van der Waals surface area contributed by atoms with Crippen LogP contribution >= 0.6 is 0 Å². The van der Waals surface area contributed by atoms with E-state index in [0.717, 1.165) is 13.1 Å². The summed E-state index contributed by atoms with van der Waals surface area (Å²) in [6.07, 6.45) is 13.3. The van der Waals surface area contributed by atoms with Crippen LogP contribution in [0.1, 0.15) is 65.2 Å². The van der Waals surface area contributed by atoms with Crippen molar-refractivity contribution in [1.29, 1.82) is 0 Å². The smallest absolute Gasteiger partial charge is 0.164 e. The lowest BCUT2D eigenvalue weighted by molar-refractivity contribution is 0.653. The minimum atomic E-state index is 0.932. The predicted molar refractivity (Wildman–Crippen MR) is 68.6 cm³/mol. The Morgan fingerprint density at radius 3 is 2.20 bits per heavy atom. The van der Waals surface area contributed by atoms with E-state index in [1.165, 1.54) is 51.4 Å². The van der Waals surface area contributed by atoms with E-state index < -0.39 is 0 Å². The van der Waals surface area contributed by atoms with Crippen molar-refractivity contribution in [3.05, 3.63) is 0 Å². The molecule has 0 aromatic carbocycles. The number of nitrogens with zero attached hydrogens (tertiary/aromatic N) is 1. The number of hydrogen-bond donors (Lipinski definition) is 1. The van der Waals surface area contributed by atoms with Gasteiger partial charge in [0, 0.05) is 13.1 Å². The fourth-order valence-electron chi connectivity index (χ4n) is 1.43. The van der Waals surface area contributed by atoms with Crippen molar-refractivity contribution in [3.63, 3.8) is 0 Å². The van der Waals surface area contributed by atoms with Gasteiger partial charge in [0.1, 0.15) is 0 Å². The van der Waals surface area contributed by atoms with Crippen LogP contribution in [0.2, 0.25) is 0 Å². The Balaban J connectivity index is 2.97. The molecule has 0 saturated heterocycles. The second kappa shape index (κ2) is 13.5. The largest absolute Gasteiger partial charge is 0.367 e. The molecular weight excluding hydrogens is 184 g/mol. The van der Waals surface area contributed by atoms with Gasteiger partial charge < -0.3 is 5.32 Å². The van der Waals surface area contributed by atoms with Gasteiger partial charge >= 0.3 is 0 Å². The molecule has 0 bridgehead atoms. The first kappa shape index (κ1) is 14.5. The lowest BCUT2D eigenvalue weighted by Gasteiger charge is -1.98. The van der Waals surface area contributed by atoms with E-state index in [2.05, 4.69) is 30.5 Å². The molecule has 0 fully saturated rings. The van der Waals surface area contributed by atoms with E-state index in [-0.39, 0.29) is 0 Å². The summed E-state index contributed by atoms with van der Waals surface area (Å²) in [7, 11) is 0. The van der Waals surface area contributed by atoms with E-state index in [1.54, 1.807) is 0 Å². The fourth-order valence-corrected chi connectivity index (χ4v) is 1.43. The van der Waals surface area contributed by atoms with Gasteiger partial charge in [-0.1, -0.05) is 52.4 Å². The Morgan fingerprint density at radius 1 is 0.867 bits per heavy atom. The summed E-state index contributed by atoms with van der Waals surface area (Å²) in [5.41, 5.74) is 0. The van der Waals surface area contributed by atoms with Crippen molar-refractivity contribution in [2.75, 3.05) is 13.1 Å². The van der Waals surface area contributed by atoms with Gasteiger partial charge in [0.2, 0.25) is 0 Å². The minimum absolute atomic E-state index is 0.932. The molecule has 0 aliphatic rings. The van der Waals surface area contributed by atoms with Crippen molar-refractivity contribution < 1.29 is 0 Å². The average Bonchev–Trinajstić information content (AvgIpc) is 2.26. The van der Waals surface area contributed by atoms with Crippen molar-refractivity contribution in [2.45, 2.75) is 65.2 Å². The molecule has 2 nitrogen and oxygen atoms in total. The molecule has 15 heavy (non-hydrogen) atoms. The number of hydrogen-bond acceptors (Lipinski definition) is 1. The van der Waals surface area contributed by atoms with E-state index in [9.17, 15) is 0 Å². The third-order valence-corrected chi connectivity index (χ3v) is 2.44. The molecule has 0 aromatic heterocycles. The van der Waals surface area contributed by atoms with Gasteiger partial charge in [-0.05, 0) is 12.8 Å². The van der Waals surface area contributed by atoms with Gasteiger partial charge in [-0.25, -0.2) is 0 Å². The summed E-state index contributed by atoms with van der Waals surface area (Å²) in [6.45, 7) is 6.42. The van der Waals surface area contributed by atoms with E-state index in [0.29, 0.717) is 0 Å². The SMILES string of the molecule is CCCCCC/N=[C]\NCCCCCC. The molecule has 0 heterocycles. The first-order chi connectivity index (χ1) is 7.41. The molecule has 1 N–H and O–H groups in total. The molecule has 0 aromatic rings. The zero-order valence-electron chi connectivity index (χ0n) is 10.5. The standard InChI is InChI=1S/C13H27N2/c1-3-5-7-9-11-14-13-15-12-10-8-6-4-2/h3-12H2,1-2H3,(H,14,15). The third kappa shape index (κ3) is 13.5. The van der Waals surface area contributed by atoms with Gasteiger partial charge in [-0.2, -0.15) is 0 Å². The number of aliphatic imine (C=N–C) groups is 1. The second-order valence-corrected chi connectivity index (χ2v) is 4.04. The van der Waals surface area contributed by atoms with Crippen LogP contribution < -0.4 is 5.32 Å². The third-order valence-electron chi connectivity index (χ3n) is 2.44. The summed E-state index contributed by atoms with van der Waals surface area (Å²) in [4.78, 5) is 4.20. The quantitative estimate of drug-likeness (QED) is 0.240. The molecule has 0 spiro atoms. The number of rotatable bonds is 11. The molecule has 0 unspecified atom stereocenters. The van der Waals surface area contributed by atoms with Crippen LogP contribution in [0.4, 0.5) is 0 Å². The molecule has 0 aliphatic heterocycles. The van der Waals surface area contributed by atoms with Crippen molar-refractivity contribution in [3.8, 4) is 0 Å². The maximum atomic E-state index is 4.20. The monoisotopic (exact) mass is 211 g/mol. The van der Waals surface area contributed by atoms with Crippen LogP contribution in [0.3, 0.4) is 0 Å². The summed E-state index contributed by atoms with van der Waals surface area (Å²) in [5, 5.41) is 3.12. The Bertz CT molecular complexity index is 132. The van der Waals surface area contributed by atoms with Crippen LogP contribution in [0.5, 0.6) is 0 Å². The van der Waals surface area contributed by atoms with Crippen LogP contribution in [0.25, 0.3) is 0 Å². The Morgan fingerprint density at radius 2 is 1.53 bits per heavy atom. The maximum absolute atomic E-state index is 4.20. The van der Waals surface area contributed by atoms with E-state index in [1.807, 2.05) is 0 Å². The normalized spacial score (nSPS) is 11.1. The first-order valence-electron chi connectivity index (χ1n) is 6.56. The topological polar surface area (TPSA) is 24.4 Å². The van der Waals surface area contributed by atoms with Crippen molar-refractivity contribution in [1.82, 2.24) is 5.32 Å². The molecule has 0 rings (SSSR count). The molecule has 2 heteroatoms. The van der Waals surface area contributed by atoms with E-state index >= 15 is 0 Å². The molecule has 0 atom stereocenters. The highest BCUT2D eigenvalue weighted by atomic mass is 14.9. The van der Waals surface area contributed by atoms with E-state index in [4.69, 9.17) is 0 Å². The summed E-state index contributed by atoms with van der Waals surface area (Å²) >= 11 is 0. The van der Waals surface area contributed by atoms with Gasteiger partial charge in [0.15, 0.2) is 6.34 Å². The van der Waals surface area contributed by atoms with Crippen LogP contribution in [-0.2, 0) is 0 Å². The molecule has 0 aliphatic carbocycles.